The number of hydrogen-bond acceptors (Lipinski definition) is 13. The molecule has 17 rings (SSSR count). The summed E-state index contributed by atoms with van der Waals surface area (Å²) >= 11 is 0. The fourth-order valence-corrected chi connectivity index (χ4v) is 25.2. The molecule has 9 aliphatic carbocycles. The van der Waals surface area contributed by atoms with Crippen molar-refractivity contribution in [3.05, 3.63) is 47.6 Å². The van der Waals surface area contributed by atoms with Gasteiger partial charge in [-0.15, -0.1) is 0 Å². The van der Waals surface area contributed by atoms with Gasteiger partial charge in [-0.05, 0) is 166 Å². The Balaban J connectivity index is 0.892. The number of esters is 2. The van der Waals surface area contributed by atoms with Crippen molar-refractivity contribution in [2.24, 2.45) is 92.2 Å². The smallest absolute Gasteiger partial charge is 0.339 e. The van der Waals surface area contributed by atoms with Gasteiger partial charge in [-0.3, -0.25) is 14.9 Å². The van der Waals surface area contributed by atoms with E-state index in [0.717, 1.165) is 110 Å². The zero-order valence-electron chi connectivity index (χ0n) is 43.9. The fraction of sp³-hybridized carbons (Fsp3) is 0.790. The number of allylic oxidation sites excluding steroid dienone is 1. The number of ether oxygens (including phenoxy) is 4. The average Bonchev–Trinajstić information content (AvgIpc) is 4.15. The molecule has 23 atom stereocenters. The van der Waals surface area contributed by atoms with E-state index in [2.05, 4.69) is 54.3 Å². The number of aliphatic hydroxyl groups excluding tert-OH is 3. The number of epoxide rings is 1. The third kappa shape index (κ3) is 4.80. The number of aliphatic hydroxyl groups is 3. The molecule has 6 spiro atoms. The molecule has 9 bridgehead atoms. The summed E-state index contributed by atoms with van der Waals surface area (Å²) in [5, 5.41) is 40.7. The van der Waals surface area contributed by atoms with Crippen LogP contribution in [0.25, 0.3) is 0 Å². The molecule has 4 N–H and O–H groups in total. The number of carbonyl (C=O) groups is 3. The highest BCUT2D eigenvalue weighted by atomic mass is 16.7. The van der Waals surface area contributed by atoms with E-state index in [1.165, 1.54) is 5.57 Å². The minimum atomic E-state index is -1.51. The van der Waals surface area contributed by atoms with Crippen molar-refractivity contribution in [1.29, 1.82) is 0 Å². The summed E-state index contributed by atoms with van der Waals surface area (Å²) in [6.07, 6.45) is 21.0. The Bertz CT molecular complexity index is 2860. The van der Waals surface area contributed by atoms with E-state index >= 15 is 14.4 Å². The van der Waals surface area contributed by atoms with Crippen LogP contribution in [0.3, 0.4) is 0 Å². The first-order valence-electron chi connectivity index (χ1n) is 29.9. The summed E-state index contributed by atoms with van der Waals surface area (Å²) in [5.41, 5.74) is -7.01. The molecule has 8 saturated carbocycles. The molecule has 75 heavy (non-hydrogen) atoms. The van der Waals surface area contributed by atoms with Crippen LogP contribution in [0.15, 0.2) is 40.7 Å². The van der Waals surface area contributed by atoms with E-state index in [-0.39, 0.29) is 72.3 Å². The lowest BCUT2D eigenvalue weighted by molar-refractivity contribution is -0.314. The molecule has 400 valence electrons. The topological polar surface area (TPSA) is 181 Å². The SMILES string of the molecule is C[C@]12C[C@H]3C[C@]45[C@H](CCC46CCCC6)CC4=CC[C@]6(C)O[C@]47[C@H]5C(=O)OC[C@]74[C@@H]3[C@]3([C@H](O)C(=O)[C@@H]46)[C@H]4CCCC[C@H]4C#CC[C@@]1(c1ccoc1C[C@@H]([C@H]1CC[C@@H]4[C@H](C=CN5CNC[C@@H]45)C1)[C@H](O)CO)OC(=O)[C@H]1O[C@@]132. The van der Waals surface area contributed by atoms with Gasteiger partial charge in [0.2, 0.25) is 0 Å². The van der Waals surface area contributed by atoms with E-state index in [1.54, 1.807) is 6.26 Å². The number of carbonyl (C=O) groups excluding carboxylic acids is 3. The minimum absolute atomic E-state index is 0.0416. The van der Waals surface area contributed by atoms with Gasteiger partial charge in [-0.2, -0.15) is 0 Å². The first kappa shape index (κ1) is 46.4. The van der Waals surface area contributed by atoms with Gasteiger partial charge in [-0.25, -0.2) is 4.79 Å². The molecule has 5 saturated heterocycles. The molecule has 16 aliphatic rings. The van der Waals surface area contributed by atoms with Crippen LogP contribution in [-0.2, 0) is 45.4 Å². The maximum Gasteiger partial charge on any atom is 0.339 e. The molecule has 13 nitrogen and oxygen atoms in total. The first-order chi connectivity index (χ1) is 36.3. The molecular formula is C62H76N2O11. The van der Waals surface area contributed by atoms with Crippen LogP contribution in [-0.4, -0.2) is 106 Å². The van der Waals surface area contributed by atoms with Crippen molar-refractivity contribution in [2.75, 3.05) is 26.4 Å². The summed E-state index contributed by atoms with van der Waals surface area (Å²) in [6.45, 7) is 5.87. The van der Waals surface area contributed by atoms with Gasteiger partial charge in [0.15, 0.2) is 17.5 Å². The van der Waals surface area contributed by atoms with Crippen LogP contribution in [0.4, 0.5) is 0 Å². The number of hydrogen-bond donors (Lipinski definition) is 4. The Morgan fingerprint density at radius 3 is 2.68 bits per heavy atom. The highest BCUT2D eigenvalue weighted by molar-refractivity contribution is 5.94. The van der Waals surface area contributed by atoms with Gasteiger partial charge in [0.05, 0.1) is 54.9 Å². The number of nitrogens with zero attached hydrogens (tertiary/aromatic N) is 1. The van der Waals surface area contributed by atoms with Crippen LogP contribution in [0.2, 0.25) is 0 Å². The lowest BCUT2D eigenvalue weighted by Crippen LogP contribution is -2.83. The number of Topliss-reactive ketones (excluding diaryl/α,β-unsaturated/α-hetero) is 1. The summed E-state index contributed by atoms with van der Waals surface area (Å²) in [7, 11) is 0. The molecule has 1 aromatic heterocycles. The highest BCUT2D eigenvalue weighted by Gasteiger charge is 3.00. The van der Waals surface area contributed by atoms with Crippen LogP contribution in [0.1, 0.15) is 141 Å². The predicted octanol–water partition coefficient (Wildman–Crippen LogP) is 6.66. The first-order valence-corrected chi connectivity index (χ1v) is 29.9. The second-order valence-corrected chi connectivity index (χ2v) is 28.6. The van der Waals surface area contributed by atoms with Crippen molar-refractivity contribution in [1.82, 2.24) is 10.2 Å². The van der Waals surface area contributed by atoms with Gasteiger partial charge >= 0.3 is 11.9 Å². The number of ketones is 1. The zero-order chi connectivity index (χ0) is 50.7. The maximum atomic E-state index is 16.7. The van der Waals surface area contributed by atoms with Gasteiger partial charge in [0, 0.05) is 41.3 Å². The number of cyclic esters (lactones) is 1. The van der Waals surface area contributed by atoms with Crippen molar-refractivity contribution in [3.8, 4) is 11.8 Å². The van der Waals surface area contributed by atoms with Crippen LogP contribution >= 0.6 is 0 Å². The second kappa shape index (κ2) is 14.6. The number of furan rings is 1. The van der Waals surface area contributed by atoms with Crippen molar-refractivity contribution in [3.63, 3.8) is 0 Å². The van der Waals surface area contributed by atoms with E-state index in [4.69, 9.17) is 23.4 Å². The second-order valence-electron chi connectivity index (χ2n) is 28.6. The average molecular weight is 1030 g/mol. The summed E-state index contributed by atoms with van der Waals surface area (Å²) in [6, 6.07) is 2.43. The summed E-state index contributed by atoms with van der Waals surface area (Å²) in [5.74, 6) is 5.80. The Kier molecular flexibility index (Phi) is 9.06. The minimum Gasteiger partial charge on any atom is -0.469 e. The van der Waals surface area contributed by atoms with Gasteiger partial charge < -0.3 is 43.6 Å². The largest absolute Gasteiger partial charge is 0.469 e. The number of nitrogens with one attached hydrogen (secondary N) is 1. The third-order valence-electron chi connectivity index (χ3n) is 27.0. The molecule has 13 heteroatoms. The monoisotopic (exact) mass is 1020 g/mol. The van der Waals surface area contributed by atoms with Crippen LogP contribution in [0.5, 0.6) is 0 Å². The van der Waals surface area contributed by atoms with Crippen LogP contribution < -0.4 is 5.32 Å². The third-order valence-corrected chi connectivity index (χ3v) is 27.0. The van der Waals surface area contributed by atoms with Gasteiger partial charge in [0.1, 0.15) is 29.7 Å². The Morgan fingerprint density at radius 1 is 0.973 bits per heavy atom. The predicted molar refractivity (Wildman–Crippen MR) is 268 cm³/mol. The molecule has 13 fully saturated rings. The van der Waals surface area contributed by atoms with E-state index < -0.39 is 86.1 Å². The lowest BCUT2D eigenvalue weighted by Gasteiger charge is -2.74. The maximum absolute atomic E-state index is 16.7. The molecule has 1 aromatic rings. The molecule has 0 radical (unpaired) electrons. The molecule has 0 amide bonds. The van der Waals surface area contributed by atoms with E-state index in [0.29, 0.717) is 48.5 Å². The van der Waals surface area contributed by atoms with E-state index in [1.807, 2.05) is 6.07 Å². The van der Waals surface area contributed by atoms with E-state index in [9.17, 15) is 15.3 Å². The van der Waals surface area contributed by atoms with Gasteiger partial charge in [0.25, 0.3) is 0 Å². The summed E-state index contributed by atoms with van der Waals surface area (Å²) in [4.78, 5) is 50.5. The standard InChI is InChI=1S/C62H76N2O11/c1-54-20-13-38-25-37-14-21-56(17-5-6-18-56)57(37)28-36-27-55(2)59(42-16-23-71-45(42)26-40(44(66)30-65)34-11-12-39-35(24-34)15-22-64-32-63-29-43(39)64)19-7-9-33-8-3-4-10-41(33)60(62(55)51(73-62)53(70)74-59)47(36)58(48(54)46(67)50(60)68)31-72-52(69)49(57)61(38,58)75-54/h13,15-16,22-23,33-37,39-41,43-44,47-51,63,65-66,68H,3-6,8,10-12,14,17-21,24-32H2,1-2H3/t33-,34-,35+,36-,37+,39+,40-,41-,43-,44+,47+,48+,49-,50+,51+,54-,55-,57+,58+,59-,60-,61-,62+/m0/s1. The zero-order valence-corrected chi connectivity index (χ0v) is 43.9. The highest BCUT2D eigenvalue weighted by Crippen LogP contribution is 2.92. The quantitative estimate of drug-likeness (QED) is 0.103. The summed E-state index contributed by atoms with van der Waals surface area (Å²) < 4.78 is 36.5. The number of fused-ring (bicyclic) bond motifs is 6. The molecular weight excluding hydrogens is 949 g/mol. The lowest BCUT2D eigenvalue weighted by atomic mass is 9.28. The molecule has 7 aliphatic heterocycles. The van der Waals surface area contributed by atoms with Crippen molar-refractivity contribution < 1.29 is 53.1 Å². The fourth-order valence-electron chi connectivity index (χ4n) is 25.2. The van der Waals surface area contributed by atoms with Crippen molar-refractivity contribution in [2.45, 2.75) is 183 Å². The Morgan fingerprint density at radius 2 is 1.83 bits per heavy atom. The molecule has 8 heterocycles. The Labute approximate surface area is 440 Å². The van der Waals surface area contributed by atoms with Crippen molar-refractivity contribution >= 4 is 17.7 Å². The molecule has 0 aromatic carbocycles. The Hall–Kier alpha value is -3.51. The van der Waals surface area contributed by atoms with Gasteiger partial charge in [-0.1, -0.05) is 56.6 Å². The van der Waals surface area contributed by atoms with Crippen LogP contribution in [0, 0.1) is 104 Å². The molecule has 0 unspecified atom stereocenters. The normalized spacial score (nSPS) is 54.7. The number of rotatable bonds is 6.